The molecule has 5 nitrogen and oxygen atoms in total. The van der Waals surface area contributed by atoms with Crippen LogP contribution in [0.25, 0.3) is 0 Å². The molecule has 6 heteroatoms. The SMILES string of the molecule is CCc1cccc(CC)c1NC(=O)[C@H]1CCCN(S(=O)(=O)Cc2ccccc2C)C1. The first kappa shape index (κ1) is 22.5. The molecule has 0 spiro atoms. The predicted molar refractivity (Wildman–Crippen MR) is 122 cm³/mol. The van der Waals surface area contributed by atoms with Crippen LogP contribution < -0.4 is 5.32 Å². The summed E-state index contributed by atoms with van der Waals surface area (Å²) in [5.74, 6) is -0.437. The molecule has 162 valence electrons. The lowest BCUT2D eigenvalue weighted by atomic mass is 9.97. The maximum Gasteiger partial charge on any atom is 0.228 e. The van der Waals surface area contributed by atoms with Gasteiger partial charge < -0.3 is 5.32 Å². The summed E-state index contributed by atoms with van der Waals surface area (Å²) in [6.07, 6.45) is 3.08. The summed E-state index contributed by atoms with van der Waals surface area (Å²) in [6.45, 7) is 6.79. The van der Waals surface area contributed by atoms with E-state index >= 15 is 0 Å². The summed E-state index contributed by atoms with van der Waals surface area (Å²) in [7, 11) is -3.47. The molecule has 1 heterocycles. The Balaban J connectivity index is 1.73. The van der Waals surface area contributed by atoms with Crippen molar-refractivity contribution in [2.75, 3.05) is 18.4 Å². The normalized spacial score (nSPS) is 17.6. The molecule has 2 aromatic carbocycles. The number of carbonyl (C=O) groups excluding carboxylic acids is 1. The lowest BCUT2D eigenvalue weighted by Crippen LogP contribution is -2.44. The van der Waals surface area contributed by atoms with Crippen molar-refractivity contribution in [3.8, 4) is 0 Å². The number of hydrogen-bond donors (Lipinski definition) is 1. The minimum Gasteiger partial charge on any atom is -0.325 e. The van der Waals surface area contributed by atoms with Gasteiger partial charge in [0, 0.05) is 18.8 Å². The maximum absolute atomic E-state index is 13.1. The number of hydrogen-bond acceptors (Lipinski definition) is 3. The van der Waals surface area contributed by atoms with Crippen LogP contribution in [0.1, 0.15) is 48.9 Å². The standard InChI is InChI=1S/C24H32N2O3S/c1-4-19-12-8-13-20(5-2)23(19)25-24(27)21-14-9-15-26(16-21)30(28,29)17-22-11-7-6-10-18(22)3/h6-8,10-13,21H,4-5,9,14-17H2,1-3H3,(H,25,27)/t21-/m0/s1. The minimum absolute atomic E-state index is 0.0212. The van der Waals surface area contributed by atoms with Gasteiger partial charge in [-0.15, -0.1) is 0 Å². The zero-order valence-electron chi connectivity index (χ0n) is 18.1. The summed E-state index contributed by atoms with van der Waals surface area (Å²) in [5, 5.41) is 3.12. The second kappa shape index (κ2) is 9.75. The first-order valence-electron chi connectivity index (χ1n) is 10.8. The average molecular weight is 429 g/mol. The summed E-state index contributed by atoms with van der Waals surface area (Å²) in [5.41, 5.74) is 4.90. The number of piperidine rings is 1. The van der Waals surface area contributed by atoms with Crippen molar-refractivity contribution >= 4 is 21.6 Å². The van der Waals surface area contributed by atoms with Crippen molar-refractivity contribution < 1.29 is 13.2 Å². The molecule has 3 rings (SSSR count). The van der Waals surface area contributed by atoms with Gasteiger partial charge >= 0.3 is 0 Å². The molecular formula is C24H32N2O3S. The van der Waals surface area contributed by atoms with Crippen molar-refractivity contribution in [1.82, 2.24) is 4.31 Å². The number of benzene rings is 2. The van der Waals surface area contributed by atoms with Crippen LogP contribution in [0.4, 0.5) is 5.69 Å². The molecule has 0 bridgehead atoms. The quantitative estimate of drug-likeness (QED) is 0.715. The van der Waals surface area contributed by atoms with Crippen LogP contribution in [0.2, 0.25) is 0 Å². The number of para-hydroxylation sites is 1. The van der Waals surface area contributed by atoms with Gasteiger partial charge in [-0.3, -0.25) is 4.79 Å². The molecule has 1 fully saturated rings. The number of amides is 1. The molecule has 0 unspecified atom stereocenters. The summed E-state index contributed by atoms with van der Waals surface area (Å²) in [6, 6.07) is 13.6. The van der Waals surface area contributed by atoms with E-state index in [2.05, 4.69) is 19.2 Å². The van der Waals surface area contributed by atoms with E-state index in [9.17, 15) is 13.2 Å². The molecule has 2 aromatic rings. The van der Waals surface area contributed by atoms with E-state index in [0.717, 1.165) is 40.8 Å². The Morgan fingerprint density at radius 1 is 1.03 bits per heavy atom. The lowest BCUT2D eigenvalue weighted by Gasteiger charge is -2.31. The molecule has 1 amide bonds. The molecule has 0 saturated carbocycles. The Labute approximate surface area is 180 Å². The van der Waals surface area contributed by atoms with Crippen molar-refractivity contribution in [3.63, 3.8) is 0 Å². The third kappa shape index (κ3) is 5.10. The first-order valence-corrected chi connectivity index (χ1v) is 12.4. The smallest absolute Gasteiger partial charge is 0.228 e. The second-order valence-electron chi connectivity index (χ2n) is 8.03. The van der Waals surface area contributed by atoms with E-state index in [-0.39, 0.29) is 24.1 Å². The van der Waals surface area contributed by atoms with Gasteiger partial charge in [0.15, 0.2) is 0 Å². The Morgan fingerprint density at radius 2 is 1.67 bits per heavy atom. The zero-order chi connectivity index (χ0) is 21.7. The predicted octanol–water partition coefficient (Wildman–Crippen LogP) is 4.30. The molecule has 1 N–H and O–H groups in total. The zero-order valence-corrected chi connectivity index (χ0v) is 19.0. The molecule has 1 saturated heterocycles. The third-order valence-electron chi connectivity index (χ3n) is 5.99. The van der Waals surface area contributed by atoms with Gasteiger partial charge in [-0.1, -0.05) is 56.3 Å². The minimum atomic E-state index is -3.47. The number of rotatable bonds is 7. The van der Waals surface area contributed by atoms with Crippen molar-refractivity contribution in [2.45, 2.75) is 52.2 Å². The van der Waals surface area contributed by atoms with Gasteiger partial charge in [0.1, 0.15) is 0 Å². The van der Waals surface area contributed by atoms with Crippen molar-refractivity contribution in [3.05, 3.63) is 64.7 Å². The molecule has 0 aliphatic carbocycles. The topological polar surface area (TPSA) is 66.5 Å². The number of carbonyl (C=O) groups is 1. The van der Waals surface area contributed by atoms with Crippen LogP contribution in [-0.2, 0) is 33.4 Å². The van der Waals surface area contributed by atoms with Gasteiger partial charge in [0.25, 0.3) is 0 Å². The van der Waals surface area contributed by atoms with E-state index in [4.69, 9.17) is 0 Å². The highest BCUT2D eigenvalue weighted by atomic mass is 32.2. The van der Waals surface area contributed by atoms with Gasteiger partial charge in [0.2, 0.25) is 15.9 Å². The molecule has 1 aliphatic rings. The number of nitrogens with zero attached hydrogens (tertiary/aromatic N) is 1. The van der Waals surface area contributed by atoms with E-state index in [1.54, 1.807) is 0 Å². The molecule has 0 aromatic heterocycles. The molecule has 1 atom stereocenters. The number of sulfonamides is 1. The van der Waals surface area contributed by atoms with Crippen LogP contribution in [-0.4, -0.2) is 31.7 Å². The fourth-order valence-electron chi connectivity index (χ4n) is 4.10. The largest absolute Gasteiger partial charge is 0.325 e. The Hall–Kier alpha value is -2.18. The molecule has 0 radical (unpaired) electrons. The van der Waals surface area contributed by atoms with Crippen LogP contribution in [0, 0.1) is 12.8 Å². The highest BCUT2D eigenvalue weighted by Crippen LogP contribution is 2.27. The first-order chi connectivity index (χ1) is 14.4. The molecular weight excluding hydrogens is 396 g/mol. The van der Waals surface area contributed by atoms with Crippen LogP contribution >= 0.6 is 0 Å². The summed E-state index contributed by atoms with van der Waals surface area (Å²) >= 11 is 0. The van der Waals surface area contributed by atoms with E-state index < -0.39 is 10.0 Å². The van der Waals surface area contributed by atoms with Crippen LogP contribution in [0.15, 0.2) is 42.5 Å². The average Bonchev–Trinajstić information content (AvgIpc) is 2.75. The maximum atomic E-state index is 13.1. The summed E-state index contributed by atoms with van der Waals surface area (Å²) in [4.78, 5) is 13.1. The fraction of sp³-hybridized carbons (Fsp3) is 0.458. The van der Waals surface area contributed by atoms with E-state index in [1.165, 1.54) is 4.31 Å². The number of aryl methyl sites for hydroxylation is 3. The Morgan fingerprint density at radius 3 is 2.30 bits per heavy atom. The Kier molecular flexibility index (Phi) is 7.32. The van der Waals surface area contributed by atoms with Crippen LogP contribution in [0.5, 0.6) is 0 Å². The summed E-state index contributed by atoms with van der Waals surface area (Å²) < 4.78 is 27.6. The molecule has 1 aliphatic heterocycles. The highest BCUT2D eigenvalue weighted by Gasteiger charge is 2.33. The van der Waals surface area contributed by atoms with Gasteiger partial charge in [-0.25, -0.2) is 12.7 Å². The van der Waals surface area contributed by atoms with Crippen molar-refractivity contribution in [1.29, 1.82) is 0 Å². The highest BCUT2D eigenvalue weighted by molar-refractivity contribution is 7.88. The molecule has 30 heavy (non-hydrogen) atoms. The fourth-order valence-corrected chi connectivity index (χ4v) is 5.81. The van der Waals surface area contributed by atoms with Crippen LogP contribution in [0.3, 0.4) is 0 Å². The van der Waals surface area contributed by atoms with E-state index in [0.29, 0.717) is 19.4 Å². The van der Waals surface area contributed by atoms with Crippen molar-refractivity contribution in [2.24, 2.45) is 5.92 Å². The third-order valence-corrected chi connectivity index (χ3v) is 7.79. The van der Waals surface area contributed by atoms with Gasteiger partial charge in [-0.2, -0.15) is 0 Å². The second-order valence-corrected chi connectivity index (χ2v) is 10.00. The number of nitrogens with one attached hydrogen (secondary N) is 1. The van der Waals surface area contributed by atoms with Gasteiger partial charge in [0.05, 0.1) is 11.7 Å². The Bertz CT molecular complexity index is 979. The van der Waals surface area contributed by atoms with E-state index in [1.807, 2.05) is 49.4 Å². The number of anilines is 1. The monoisotopic (exact) mass is 428 g/mol. The van der Waals surface area contributed by atoms with Gasteiger partial charge in [-0.05, 0) is 54.9 Å². The lowest BCUT2D eigenvalue weighted by molar-refractivity contribution is -0.120.